The highest BCUT2D eigenvalue weighted by Gasteiger charge is 2.15. The molecule has 0 bridgehead atoms. The van der Waals surface area contributed by atoms with Crippen LogP contribution in [0.1, 0.15) is 21.0 Å². The van der Waals surface area contributed by atoms with Crippen molar-refractivity contribution in [1.82, 2.24) is 9.13 Å². The molecule has 0 aliphatic rings. The summed E-state index contributed by atoms with van der Waals surface area (Å²) in [6.45, 7) is 0. The summed E-state index contributed by atoms with van der Waals surface area (Å²) in [6, 6.07) is 2.44. The van der Waals surface area contributed by atoms with Gasteiger partial charge in [-0.05, 0) is 6.07 Å². The van der Waals surface area contributed by atoms with Crippen LogP contribution in [0.2, 0.25) is 0 Å². The van der Waals surface area contributed by atoms with Crippen LogP contribution in [0.5, 0.6) is 0 Å². The Morgan fingerprint density at radius 2 is 1.55 bits per heavy atom. The first-order valence-electron chi connectivity index (χ1n) is 5.82. The molecule has 10 nitrogen and oxygen atoms in total. The fraction of sp³-hybridized carbons (Fsp3) is 0.167. The lowest BCUT2D eigenvalue weighted by Gasteiger charge is -1.92. The second kappa shape index (κ2) is 6.43. The maximum absolute atomic E-state index is 10.4. The molecule has 0 amide bonds. The van der Waals surface area contributed by atoms with Gasteiger partial charge in [0.05, 0.1) is 16.8 Å². The minimum absolute atomic E-state index is 0.0956. The van der Waals surface area contributed by atoms with Gasteiger partial charge in [-0.1, -0.05) is 0 Å². The van der Waals surface area contributed by atoms with Gasteiger partial charge in [0.1, 0.15) is 11.4 Å². The van der Waals surface area contributed by atoms with Gasteiger partial charge in [0.25, 0.3) is 5.69 Å². The number of nitro groups is 1. The Bertz CT molecular complexity index is 730. The van der Waals surface area contributed by atoms with Crippen molar-refractivity contribution in [1.29, 1.82) is 0 Å². The molecule has 0 saturated heterocycles. The quantitative estimate of drug-likeness (QED) is 0.563. The number of nitrogen functional groups attached to an aromatic ring is 1. The van der Waals surface area contributed by atoms with Gasteiger partial charge in [-0.15, -0.1) is 0 Å². The molecule has 0 atom stereocenters. The van der Waals surface area contributed by atoms with E-state index in [0.717, 1.165) is 12.3 Å². The van der Waals surface area contributed by atoms with E-state index in [0.29, 0.717) is 5.69 Å². The third kappa shape index (κ3) is 3.85. The number of anilines is 1. The van der Waals surface area contributed by atoms with Gasteiger partial charge in [-0.25, -0.2) is 9.59 Å². The zero-order chi connectivity index (χ0) is 17.0. The van der Waals surface area contributed by atoms with Crippen molar-refractivity contribution in [3.63, 3.8) is 0 Å². The van der Waals surface area contributed by atoms with Gasteiger partial charge in [0, 0.05) is 26.4 Å². The summed E-state index contributed by atoms with van der Waals surface area (Å²) >= 11 is 0. The van der Waals surface area contributed by atoms with Crippen molar-refractivity contribution < 1.29 is 24.7 Å². The normalized spacial score (nSPS) is 9.73. The van der Waals surface area contributed by atoms with Gasteiger partial charge in [-0.2, -0.15) is 0 Å². The molecule has 2 aromatic heterocycles. The molecule has 0 unspecified atom stereocenters. The molecule has 0 aliphatic heterocycles. The number of carboxylic acid groups (broad SMARTS) is 2. The van der Waals surface area contributed by atoms with Crippen LogP contribution in [0.25, 0.3) is 0 Å². The molecule has 0 saturated carbocycles. The van der Waals surface area contributed by atoms with Crippen LogP contribution in [-0.2, 0) is 14.1 Å². The molecule has 0 fully saturated rings. The lowest BCUT2D eigenvalue weighted by molar-refractivity contribution is -0.384. The molecule has 2 rings (SSSR count). The Balaban J connectivity index is 0.000000224. The SMILES string of the molecule is Cn1cc(N)cc1C(=O)O.Cn1cc([N+](=O)[O-])cc1C(=O)O. The summed E-state index contributed by atoms with van der Waals surface area (Å²) < 4.78 is 2.66. The van der Waals surface area contributed by atoms with Crippen molar-refractivity contribution in [2.75, 3.05) is 5.73 Å². The molecule has 0 radical (unpaired) electrons. The van der Waals surface area contributed by atoms with Crippen molar-refractivity contribution in [3.8, 4) is 0 Å². The van der Waals surface area contributed by atoms with Gasteiger partial charge in [0.2, 0.25) is 0 Å². The first kappa shape index (κ1) is 16.8. The molecule has 22 heavy (non-hydrogen) atoms. The van der Waals surface area contributed by atoms with Crippen LogP contribution >= 0.6 is 0 Å². The monoisotopic (exact) mass is 310 g/mol. The third-order valence-electron chi connectivity index (χ3n) is 2.67. The van der Waals surface area contributed by atoms with E-state index in [4.69, 9.17) is 15.9 Å². The smallest absolute Gasteiger partial charge is 0.352 e. The predicted octanol–water partition coefficient (Wildman–Crippen LogP) is 0.937. The van der Waals surface area contributed by atoms with Crippen LogP contribution < -0.4 is 5.73 Å². The van der Waals surface area contributed by atoms with Crippen LogP contribution in [0.15, 0.2) is 24.5 Å². The number of nitrogens with zero attached hydrogens (tertiary/aromatic N) is 3. The van der Waals surface area contributed by atoms with Crippen molar-refractivity contribution in [2.24, 2.45) is 14.1 Å². The molecule has 2 aromatic rings. The molecular formula is C12H14N4O6. The highest BCUT2D eigenvalue weighted by Crippen LogP contribution is 2.14. The first-order valence-corrected chi connectivity index (χ1v) is 5.82. The van der Waals surface area contributed by atoms with E-state index >= 15 is 0 Å². The number of carboxylic acids is 2. The van der Waals surface area contributed by atoms with E-state index in [1.54, 1.807) is 13.2 Å². The zero-order valence-corrected chi connectivity index (χ0v) is 11.8. The number of aromatic carboxylic acids is 2. The minimum atomic E-state index is -1.18. The minimum Gasteiger partial charge on any atom is -0.477 e. The van der Waals surface area contributed by atoms with Crippen LogP contribution in [0.4, 0.5) is 11.4 Å². The summed E-state index contributed by atoms with van der Waals surface area (Å²) in [4.78, 5) is 30.3. The fourth-order valence-corrected chi connectivity index (χ4v) is 1.66. The summed E-state index contributed by atoms with van der Waals surface area (Å²) in [7, 11) is 3.08. The Labute approximate surface area is 124 Å². The second-order valence-corrected chi connectivity index (χ2v) is 4.33. The van der Waals surface area contributed by atoms with E-state index < -0.39 is 16.9 Å². The maximum atomic E-state index is 10.4. The van der Waals surface area contributed by atoms with Gasteiger partial charge < -0.3 is 25.1 Å². The summed E-state index contributed by atoms with van der Waals surface area (Å²) in [5.41, 5.74) is 5.70. The molecular weight excluding hydrogens is 296 g/mol. The Morgan fingerprint density at radius 3 is 1.77 bits per heavy atom. The first-order chi connectivity index (χ1) is 10.1. The highest BCUT2D eigenvalue weighted by atomic mass is 16.6. The number of aromatic nitrogens is 2. The lowest BCUT2D eigenvalue weighted by Crippen LogP contribution is -2.02. The molecule has 10 heteroatoms. The molecule has 2 heterocycles. The van der Waals surface area contributed by atoms with Crippen molar-refractivity contribution >= 4 is 23.3 Å². The zero-order valence-electron chi connectivity index (χ0n) is 11.8. The number of nitrogens with two attached hydrogens (primary N) is 1. The van der Waals surface area contributed by atoms with E-state index in [9.17, 15) is 19.7 Å². The topological polar surface area (TPSA) is 154 Å². The standard InChI is InChI=1S/C6H6N2O4.C6H8N2O2/c1-7-3-4(8(11)12)2-5(7)6(9)10;1-8-3-4(7)2-5(8)6(9)10/h2-3H,1H3,(H,9,10);2-3H,7H2,1H3,(H,9,10). The van der Waals surface area contributed by atoms with E-state index in [-0.39, 0.29) is 17.1 Å². The number of hydrogen-bond donors (Lipinski definition) is 3. The Morgan fingerprint density at radius 1 is 1.09 bits per heavy atom. The number of rotatable bonds is 3. The van der Waals surface area contributed by atoms with E-state index in [1.165, 1.54) is 22.2 Å². The largest absolute Gasteiger partial charge is 0.477 e. The van der Waals surface area contributed by atoms with Crippen LogP contribution in [-0.4, -0.2) is 36.2 Å². The molecule has 0 aliphatic carbocycles. The van der Waals surface area contributed by atoms with Gasteiger partial charge >= 0.3 is 11.9 Å². The summed E-state index contributed by atoms with van der Waals surface area (Å²) in [5.74, 6) is -2.13. The molecule has 4 N–H and O–H groups in total. The van der Waals surface area contributed by atoms with Crippen molar-refractivity contribution in [3.05, 3.63) is 46.0 Å². The molecule has 0 aromatic carbocycles. The lowest BCUT2D eigenvalue weighted by atomic mass is 10.4. The highest BCUT2D eigenvalue weighted by molar-refractivity contribution is 5.87. The summed E-state index contributed by atoms with van der Waals surface area (Å²) in [5, 5.41) is 27.2. The number of carbonyl (C=O) groups is 2. The number of hydrogen-bond acceptors (Lipinski definition) is 5. The van der Waals surface area contributed by atoms with Crippen LogP contribution in [0.3, 0.4) is 0 Å². The fourth-order valence-electron chi connectivity index (χ4n) is 1.66. The average Bonchev–Trinajstić information content (AvgIpc) is 2.93. The van der Waals surface area contributed by atoms with E-state index in [2.05, 4.69) is 0 Å². The average molecular weight is 310 g/mol. The number of aryl methyl sites for hydroxylation is 2. The van der Waals surface area contributed by atoms with Gasteiger partial charge in [0.15, 0.2) is 0 Å². The van der Waals surface area contributed by atoms with E-state index in [1.807, 2.05) is 0 Å². The van der Waals surface area contributed by atoms with Gasteiger partial charge in [-0.3, -0.25) is 10.1 Å². The summed E-state index contributed by atoms with van der Waals surface area (Å²) in [6.07, 6.45) is 2.72. The third-order valence-corrected chi connectivity index (χ3v) is 2.67. The maximum Gasteiger partial charge on any atom is 0.352 e. The molecule has 118 valence electrons. The van der Waals surface area contributed by atoms with Crippen molar-refractivity contribution in [2.45, 2.75) is 0 Å². The Hall–Kier alpha value is -3.30. The second-order valence-electron chi connectivity index (χ2n) is 4.33. The predicted molar refractivity (Wildman–Crippen MR) is 75.8 cm³/mol. The van der Waals surface area contributed by atoms with Crippen LogP contribution in [0, 0.1) is 10.1 Å². The Kier molecular flexibility index (Phi) is 4.90. The molecule has 0 spiro atoms.